The number of methoxy groups -OCH3 is 1. The maximum Gasteiger partial charge on any atom is 0.328 e. The Morgan fingerprint density at radius 2 is 1.77 bits per heavy atom. The number of hydrogen-bond acceptors (Lipinski definition) is 5. The molecule has 5 nitrogen and oxygen atoms in total. The average molecular weight is 568 g/mol. The summed E-state index contributed by atoms with van der Waals surface area (Å²) in [5, 5.41) is 3.67. The second-order valence-corrected chi connectivity index (χ2v) is 10.9. The Morgan fingerprint density at radius 1 is 0.949 bits per heavy atom. The quantitative estimate of drug-likeness (QED) is 0.154. The van der Waals surface area contributed by atoms with E-state index in [-0.39, 0.29) is 5.91 Å². The number of unbranched alkanes of at least 4 members (excludes halogenated alkanes) is 2. The van der Waals surface area contributed by atoms with Crippen LogP contribution in [0.5, 0.6) is 0 Å². The number of esters is 1. The van der Waals surface area contributed by atoms with Gasteiger partial charge in [0, 0.05) is 17.2 Å². The predicted octanol–water partition coefficient (Wildman–Crippen LogP) is 7.27. The lowest BCUT2D eigenvalue weighted by atomic mass is 9.93. The first-order valence-electron chi connectivity index (χ1n) is 13.3. The van der Waals surface area contributed by atoms with Gasteiger partial charge in [-0.3, -0.25) is 4.79 Å². The highest BCUT2D eigenvalue weighted by molar-refractivity contribution is 7.98. The van der Waals surface area contributed by atoms with Crippen LogP contribution >= 0.6 is 23.4 Å². The van der Waals surface area contributed by atoms with Gasteiger partial charge in [-0.1, -0.05) is 60.5 Å². The van der Waals surface area contributed by atoms with E-state index in [0.717, 1.165) is 58.7 Å². The van der Waals surface area contributed by atoms with Gasteiger partial charge in [-0.15, -0.1) is 0 Å². The molecule has 0 fully saturated rings. The first kappa shape index (κ1) is 30.7. The molecule has 0 heterocycles. The molecular formula is C32H38ClNO4S. The van der Waals surface area contributed by atoms with Crippen LogP contribution in [0.2, 0.25) is 5.02 Å². The lowest BCUT2D eigenvalue weighted by Crippen LogP contribution is -2.42. The van der Waals surface area contributed by atoms with Crippen molar-refractivity contribution in [2.24, 2.45) is 0 Å². The van der Waals surface area contributed by atoms with Crippen molar-refractivity contribution < 1.29 is 19.1 Å². The van der Waals surface area contributed by atoms with Crippen molar-refractivity contribution in [1.82, 2.24) is 5.32 Å². The molecule has 39 heavy (non-hydrogen) atoms. The van der Waals surface area contributed by atoms with Crippen LogP contribution in [0.25, 0.3) is 11.1 Å². The molecule has 1 atom stereocenters. The smallest absolute Gasteiger partial charge is 0.328 e. The van der Waals surface area contributed by atoms with Crippen molar-refractivity contribution in [2.75, 3.05) is 25.7 Å². The van der Waals surface area contributed by atoms with E-state index in [0.29, 0.717) is 25.2 Å². The molecule has 0 aliphatic rings. The van der Waals surface area contributed by atoms with Gasteiger partial charge < -0.3 is 14.8 Å². The lowest BCUT2D eigenvalue weighted by Gasteiger charge is -2.19. The fourth-order valence-corrected chi connectivity index (χ4v) is 5.12. The van der Waals surface area contributed by atoms with E-state index < -0.39 is 12.0 Å². The van der Waals surface area contributed by atoms with Crippen molar-refractivity contribution in [3.05, 3.63) is 94.0 Å². The topological polar surface area (TPSA) is 64.6 Å². The Morgan fingerprint density at radius 3 is 2.51 bits per heavy atom. The first-order chi connectivity index (χ1) is 18.9. The monoisotopic (exact) mass is 567 g/mol. The maximum absolute atomic E-state index is 13.4. The minimum Gasteiger partial charge on any atom is -0.467 e. The van der Waals surface area contributed by atoms with Crippen LogP contribution in [0.1, 0.15) is 52.7 Å². The SMILES string of the molecule is COC(=O)[C@H](CCSC)NC(=O)c1ccc(COCCCCCc2cccc(Cl)c2)cc1-c1ccccc1C. The van der Waals surface area contributed by atoms with Gasteiger partial charge >= 0.3 is 5.97 Å². The summed E-state index contributed by atoms with van der Waals surface area (Å²) in [6, 6.07) is 21.1. The van der Waals surface area contributed by atoms with Crippen LogP contribution < -0.4 is 5.32 Å². The minimum atomic E-state index is -0.693. The molecule has 0 aliphatic heterocycles. The lowest BCUT2D eigenvalue weighted by molar-refractivity contribution is -0.142. The summed E-state index contributed by atoms with van der Waals surface area (Å²) in [5.74, 6) is 0.00560. The number of amides is 1. The Kier molecular flexibility index (Phi) is 12.9. The Bertz CT molecular complexity index is 1230. The molecule has 208 valence electrons. The summed E-state index contributed by atoms with van der Waals surface area (Å²) in [7, 11) is 1.34. The van der Waals surface area contributed by atoms with Gasteiger partial charge in [0.15, 0.2) is 0 Å². The number of benzene rings is 3. The molecule has 0 aromatic heterocycles. The van der Waals surface area contributed by atoms with Gasteiger partial charge in [0.1, 0.15) is 6.04 Å². The van der Waals surface area contributed by atoms with Crippen molar-refractivity contribution in [3.8, 4) is 11.1 Å². The zero-order chi connectivity index (χ0) is 28.0. The van der Waals surface area contributed by atoms with Gasteiger partial charge in [0.05, 0.1) is 13.7 Å². The maximum atomic E-state index is 13.4. The molecule has 1 N–H and O–H groups in total. The number of carbonyl (C=O) groups is 2. The molecular weight excluding hydrogens is 530 g/mol. The number of hydrogen-bond donors (Lipinski definition) is 1. The predicted molar refractivity (Wildman–Crippen MR) is 162 cm³/mol. The number of ether oxygens (including phenoxy) is 2. The van der Waals surface area contributed by atoms with Crippen LogP contribution in [-0.4, -0.2) is 43.6 Å². The molecule has 3 aromatic carbocycles. The van der Waals surface area contributed by atoms with E-state index in [2.05, 4.69) is 11.4 Å². The van der Waals surface area contributed by atoms with Gasteiger partial charge in [-0.25, -0.2) is 4.79 Å². The zero-order valence-electron chi connectivity index (χ0n) is 23.0. The van der Waals surface area contributed by atoms with E-state index in [1.807, 2.05) is 73.8 Å². The van der Waals surface area contributed by atoms with Crippen molar-refractivity contribution in [2.45, 2.75) is 51.7 Å². The third kappa shape index (κ3) is 9.71. The summed E-state index contributed by atoms with van der Waals surface area (Å²) >= 11 is 7.69. The van der Waals surface area contributed by atoms with Crippen molar-refractivity contribution in [1.29, 1.82) is 0 Å². The van der Waals surface area contributed by atoms with Crippen LogP contribution in [0, 0.1) is 6.92 Å². The molecule has 7 heteroatoms. The highest BCUT2D eigenvalue weighted by Crippen LogP contribution is 2.29. The normalized spacial score (nSPS) is 11.7. The summed E-state index contributed by atoms with van der Waals surface area (Å²) in [6.07, 6.45) is 6.64. The number of carbonyl (C=O) groups excluding carboxylic acids is 2. The molecule has 0 unspecified atom stereocenters. The third-order valence-electron chi connectivity index (χ3n) is 6.58. The fraction of sp³-hybridized carbons (Fsp3) is 0.375. The molecule has 0 saturated heterocycles. The summed E-state index contributed by atoms with van der Waals surface area (Å²) in [6.45, 7) is 3.17. The van der Waals surface area contributed by atoms with Crippen LogP contribution in [0.3, 0.4) is 0 Å². The largest absolute Gasteiger partial charge is 0.467 e. The zero-order valence-corrected chi connectivity index (χ0v) is 24.6. The molecule has 3 rings (SSSR count). The summed E-state index contributed by atoms with van der Waals surface area (Å²) in [5.41, 5.74) is 5.64. The van der Waals surface area contributed by atoms with E-state index in [4.69, 9.17) is 21.1 Å². The van der Waals surface area contributed by atoms with E-state index in [1.165, 1.54) is 12.7 Å². The molecule has 3 aromatic rings. The molecule has 0 saturated carbocycles. The molecule has 0 radical (unpaired) electrons. The van der Waals surface area contributed by atoms with E-state index >= 15 is 0 Å². The minimum absolute atomic E-state index is 0.295. The van der Waals surface area contributed by atoms with Gasteiger partial charge in [0.2, 0.25) is 0 Å². The van der Waals surface area contributed by atoms with Crippen molar-refractivity contribution in [3.63, 3.8) is 0 Å². The highest BCUT2D eigenvalue weighted by Gasteiger charge is 2.23. The third-order valence-corrected chi connectivity index (χ3v) is 7.46. The highest BCUT2D eigenvalue weighted by atomic mass is 35.5. The molecule has 1 amide bonds. The van der Waals surface area contributed by atoms with E-state index in [9.17, 15) is 9.59 Å². The molecule has 0 spiro atoms. The van der Waals surface area contributed by atoms with Crippen LogP contribution in [0.15, 0.2) is 66.7 Å². The summed E-state index contributed by atoms with van der Waals surface area (Å²) in [4.78, 5) is 25.7. The number of halogens is 1. The van der Waals surface area contributed by atoms with Gasteiger partial charge in [-0.05, 0) is 96.7 Å². The second kappa shape index (κ2) is 16.3. The standard InChI is InChI=1S/C32H38ClNO4S/c1-23-10-6-7-14-27(23)29-21-25(22-38-18-8-4-5-11-24-12-9-13-26(33)20-24)15-16-28(29)31(35)34-30(17-19-39-3)32(36)37-2/h6-7,9-10,12-16,20-21,30H,4-5,8,11,17-19,22H2,1-3H3,(H,34,35)/t30-/m0/s1. The van der Waals surface area contributed by atoms with Crippen LogP contribution in [-0.2, 0) is 27.3 Å². The Labute approximate surface area is 241 Å². The second-order valence-electron chi connectivity index (χ2n) is 9.52. The fourth-order valence-electron chi connectivity index (χ4n) is 4.43. The van der Waals surface area contributed by atoms with E-state index in [1.54, 1.807) is 11.8 Å². The van der Waals surface area contributed by atoms with Gasteiger partial charge in [0.25, 0.3) is 5.91 Å². The Balaban J connectivity index is 1.64. The Hall–Kier alpha value is -2.80. The molecule has 0 bridgehead atoms. The number of aryl methyl sites for hydroxylation is 2. The number of thioether (sulfide) groups is 1. The van der Waals surface area contributed by atoms with Crippen LogP contribution in [0.4, 0.5) is 0 Å². The first-order valence-corrected chi connectivity index (χ1v) is 15.1. The van der Waals surface area contributed by atoms with Crippen molar-refractivity contribution >= 4 is 35.2 Å². The number of rotatable bonds is 15. The van der Waals surface area contributed by atoms with Gasteiger partial charge in [-0.2, -0.15) is 11.8 Å². The average Bonchev–Trinajstić information content (AvgIpc) is 2.94. The summed E-state index contributed by atoms with van der Waals surface area (Å²) < 4.78 is 10.9. The number of nitrogens with one attached hydrogen (secondary N) is 1. The molecule has 0 aliphatic carbocycles.